The highest BCUT2D eigenvalue weighted by atomic mass is 16.2. The molecule has 1 aromatic rings. The highest BCUT2D eigenvalue weighted by molar-refractivity contribution is 5.14. The van der Waals surface area contributed by atoms with Crippen molar-refractivity contribution in [2.45, 2.75) is 19.8 Å². The molecule has 1 N–H and O–H groups in total. The zero-order chi connectivity index (χ0) is 8.27. The van der Waals surface area contributed by atoms with E-state index in [1.165, 1.54) is 5.56 Å². The summed E-state index contributed by atoms with van der Waals surface area (Å²) in [6.07, 6.45) is 3.67. The van der Waals surface area contributed by atoms with Gasteiger partial charge in [-0.15, -0.1) is 0 Å². The van der Waals surface area contributed by atoms with Crippen molar-refractivity contribution in [3.8, 4) is 0 Å². The molecule has 3 heteroatoms. The van der Waals surface area contributed by atoms with Crippen LogP contribution in [0.25, 0.3) is 0 Å². The zero-order valence-corrected chi connectivity index (χ0v) is 7.04. The van der Waals surface area contributed by atoms with Crippen LogP contribution in [-0.4, -0.2) is 21.5 Å². The molecule has 0 aliphatic rings. The minimum atomic E-state index is 0.246. The average molecular weight is 154 g/mol. The molecule has 3 nitrogen and oxygen atoms in total. The lowest BCUT2D eigenvalue weighted by Crippen LogP contribution is -1.94. The van der Waals surface area contributed by atoms with Crippen LogP contribution in [0.1, 0.15) is 17.7 Å². The second-order valence-electron chi connectivity index (χ2n) is 2.76. The molecule has 0 saturated heterocycles. The normalized spacial score (nSPS) is 10.5. The van der Waals surface area contributed by atoms with Crippen molar-refractivity contribution in [1.82, 2.24) is 9.78 Å². The quantitative estimate of drug-likeness (QED) is 0.694. The minimum absolute atomic E-state index is 0.246. The van der Waals surface area contributed by atoms with E-state index in [2.05, 4.69) is 5.10 Å². The van der Waals surface area contributed by atoms with Gasteiger partial charge in [-0.05, 0) is 25.3 Å². The van der Waals surface area contributed by atoms with E-state index in [-0.39, 0.29) is 6.61 Å². The summed E-state index contributed by atoms with van der Waals surface area (Å²) >= 11 is 0. The lowest BCUT2D eigenvalue weighted by molar-refractivity contribution is 0.288. The Hall–Kier alpha value is -0.830. The summed E-state index contributed by atoms with van der Waals surface area (Å²) in [7, 11) is 1.91. The Balaban J connectivity index is 2.62. The third kappa shape index (κ3) is 2.05. The molecule has 0 saturated carbocycles. The monoisotopic (exact) mass is 154 g/mol. The molecule has 0 aliphatic heterocycles. The van der Waals surface area contributed by atoms with Gasteiger partial charge in [-0.2, -0.15) is 5.10 Å². The van der Waals surface area contributed by atoms with Gasteiger partial charge in [-0.3, -0.25) is 4.68 Å². The van der Waals surface area contributed by atoms with Crippen LogP contribution in [-0.2, 0) is 13.5 Å². The SMILES string of the molecule is Cc1cn(C)nc1CCCO. The van der Waals surface area contributed by atoms with Gasteiger partial charge in [0.1, 0.15) is 0 Å². The van der Waals surface area contributed by atoms with E-state index in [1.54, 1.807) is 0 Å². The lowest BCUT2D eigenvalue weighted by Gasteiger charge is -1.93. The number of aliphatic hydroxyl groups is 1. The smallest absolute Gasteiger partial charge is 0.0654 e. The first-order valence-electron chi connectivity index (χ1n) is 3.84. The van der Waals surface area contributed by atoms with E-state index >= 15 is 0 Å². The second-order valence-corrected chi connectivity index (χ2v) is 2.76. The van der Waals surface area contributed by atoms with Crippen molar-refractivity contribution in [1.29, 1.82) is 0 Å². The molecule has 0 aliphatic carbocycles. The molecule has 1 heterocycles. The Morgan fingerprint density at radius 2 is 2.36 bits per heavy atom. The Morgan fingerprint density at radius 1 is 1.64 bits per heavy atom. The van der Waals surface area contributed by atoms with Crippen LogP contribution in [0.15, 0.2) is 6.20 Å². The number of aromatic nitrogens is 2. The second kappa shape index (κ2) is 3.53. The first-order valence-corrected chi connectivity index (χ1v) is 3.84. The predicted octanol–water partition coefficient (Wildman–Crippen LogP) is 0.653. The van der Waals surface area contributed by atoms with Crippen molar-refractivity contribution >= 4 is 0 Å². The van der Waals surface area contributed by atoms with Crippen LogP contribution in [0.2, 0.25) is 0 Å². The van der Waals surface area contributed by atoms with Gasteiger partial charge in [-0.25, -0.2) is 0 Å². The molecule has 0 spiro atoms. The molecule has 0 aromatic carbocycles. The van der Waals surface area contributed by atoms with Gasteiger partial charge in [-0.1, -0.05) is 0 Å². The van der Waals surface area contributed by atoms with E-state index in [0.717, 1.165) is 18.5 Å². The van der Waals surface area contributed by atoms with Crippen LogP contribution in [0.4, 0.5) is 0 Å². The Bertz CT molecular complexity index is 230. The van der Waals surface area contributed by atoms with E-state index < -0.39 is 0 Å². The summed E-state index contributed by atoms with van der Waals surface area (Å²) in [5.74, 6) is 0. The van der Waals surface area contributed by atoms with Crippen LogP contribution in [0.3, 0.4) is 0 Å². The van der Waals surface area contributed by atoms with Gasteiger partial charge in [0, 0.05) is 19.9 Å². The minimum Gasteiger partial charge on any atom is -0.396 e. The van der Waals surface area contributed by atoms with Crippen LogP contribution < -0.4 is 0 Å². The average Bonchev–Trinajstić information content (AvgIpc) is 2.26. The summed E-state index contributed by atoms with van der Waals surface area (Å²) < 4.78 is 1.81. The van der Waals surface area contributed by atoms with Gasteiger partial charge in [0.05, 0.1) is 5.69 Å². The topological polar surface area (TPSA) is 38.0 Å². The van der Waals surface area contributed by atoms with E-state index in [4.69, 9.17) is 5.11 Å². The van der Waals surface area contributed by atoms with Gasteiger partial charge < -0.3 is 5.11 Å². The third-order valence-electron chi connectivity index (χ3n) is 1.69. The molecule has 0 bridgehead atoms. The number of aliphatic hydroxyl groups excluding tert-OH is 1. The highest BCUT2D eigenvalue weighted by Gasteiger charge is 2.01. The van der Waals surface area contributed by atoms with Crippen molar-refractivity contribution in [2.75, 3.05) is 6.61 Å². The van der Waals surface area contributed by atoms with Gasteiger partial charge in [0.25, 0.3) is 0 Å². The van der Waals surface area contributed by atoms with Gasteiger partial charge in [0.15, 0.2) is 0 Å². The first-order chi connectivity index (χ1) is 5.24. The third-order valence-corrected chi connectivity index (χ3v) is 1.69. The first kappa shape index (κ1) is 8.27. The molecule has 62 valence electrons. The van der Waals surface area contributed by atoms with Crippen molar-refractivity contribution in [2.24, 2.45) is 7.05 Å². The number of rotatable bonds is 3. The number of hydrogen-bond acceptors (Lipinski definition) is 2. The molecule has 0 radical (unpaired) electrons. The lowest BCUT2D eigenvalue weighted by atomic mass is 10.2. The molecule has 1 rings (SSSR count). The van der Waals surface area contributed by atoms with Crippen molar-refractivity contribution in [3.05, 3.63) is 17.5 Å². The summed E-state index contributed by atoms with van der Waals surface area (Å²) in [4.78, 5) is 0. The molecule has 1 aromatic heterocycles. The van der Waals surface area contributed by atoms with E-state index in [9.17, 15) is 0 Å². The Morgan fingerprint density at radius 3 is 2.82 bits per heavy atom. The Labute approximate surface area is 66.7 Å². The molecule has 0 fully saturated rings. The molecular formula is C8H14N2O. The number of nitrogens with zero attached hydrogens (tertiary/aromatic N) is 2. The Kier molecular flexibility index (Phi) is 2.65. The summed E-state index contributed by atoms with van der Waals surface area (Å²) in [6, 6.07) is 0. The number of hydrogen-bond donors (Lipinski definition) is 1. The molecule has 0 unspecified atom stereocenters. The molecular weight excluding hydrogens is 140 g/mol. The molecule has 0 amide bonds. The summed E-state index contributed by atoms with van der Waals surface area (Å²) in [5.41, 5.74) is 2.31. The van der Waals surface area contributed by atoms with Crippen LogP contribution >= 0.6 is 0 Å². The van der Waals surface area contributed by atoms with Crippen LogP contribution in [0, 0.1) is 6.92 Å². The van der Waals surface area contributed by atoms with Gasteiger partial charge in [0.2, 0.25) is 0 Å². The summed E-state index contributed by atoms with van der Waals surface area (Å²) in [6.45, 7) is 2.29. The summed E-state index contributed by atoms with van der Waals surface area (Å²) in [5, 5.41) is 12.8. The standard InChI is InChI=1S/C8H14N2O/c1-7-6-10(2)9-8(7)4-3-5-11/h6,11H,3-5H2,1-2H3. The molecule has 11 heavy (non-hydrogen) atoms. The van der Waals surface area contributed by atoms with Crippen molar-refractivity contribution in [3.63, 3.8) is 0 Å². The van der Waals surface area contributed by atoms with Crippen molar-refractivity contribution < 1.29 is 5.11 Å². The predicted molar refractivity (Wildman–Crippen MR) is 43.4 cm³/mol. The molecule has 0 atom stereocenters. The van der Waals surface area contributed by atoms with Crippen LogP contribution in [0.5, 0.6) is 0 Å². The zero-order valence-electron chi connectivity index (χ0n) is 7.04. The number of aryl methyl sites for hydroxylation is 3. The largest absolute Gasteiger partial charge is 0.396 e. The van der Waals surface area contributed by atoms with E-state index in [0.29, 0.717) is 0 Å². The maximum Gasteiger partial charge on any atom is 0.0654 e. The maximum absolute atomic E-state index is 8.59. The maximum atomic E-state index is 8.59. The highest BCUT2D eigenvalue weighted by Crippen LogP contribution is 2.05. The van der Waals surface area contributed by atoms with E-state index in [1.807, 2.05) is 24.9 Å². The fraction of sp³-hybridized carbons (Fsp3) is 0.625. The fourth-order valence-corrected chi connectivity index (χ4v) is 1.15. The van der Waals surface area contributed by atoms with Gasteiger partial charge >= 0.3 is 0 Å². The fourth-order valence-electron chi connectivity index (χ4n) is 1.15.